The third-order valence-corrected chi connectivity index (χ3v) is 3.13. The van der Waals surface area contributed by atoms with Gasteiger partial charge < -0.3 is 5.73 Å². The Morgan fingerprint density at radius 1 is 1.11 bits per heavy atom. The summed E-state index contributed by atoms with van der Waals surface area (Å²) in [6.45, 7) is 1.51. The van der Waals surface area contributed by atoms with E-state index in [9.17, 15) is 4.39 Å². The van der Waals surface area contributed by atoms with Gasteiger partial charge in [0, 0.05) is 6.54 Å². The van der Waals surface area contributed by atoms with E-state index in [4.69, 9.17) is 5.73 Å². The van der Waals surface area contributed by atoms with Gasteiger partial charge in [0.25, 0.3) is 0 Å². The topological polar surface area (TPSA) is 26.0 Å². The first-order valence-corrected chi connectivity index (χ1v) is 5.79. The quantitative estimate of drug-likeness (QED) is 0.884. The molecular formula is C15H15F2N. The molecule has 0 fully saturated rings. The molecule has 0 bridgehead atoms. The van der Waals surface area contributed by atoms with E-state index in [1.807, 2.05) is 6.07 Å². The van der Waals surface area contributed by atoms with Crippen LogP contribution in [0.5, 0.6) is 0 Å². The smallest absolute Gasteiger partial charge is 0.173 e. The molecule has 0 aliphatic carbocycles. The van der Waals surface area contributed by atoms with Crippen LogP contribution in [0.2, 0.25) is 0 Å². The van der Waals surface area contributed by atoms with Crippen molar-refractivity contribution in [3.8, 4) is 0 Å². The number of rotatable bonds is 3. The average molecular weight is 247 g/mol. The van der Waals surface area contributed by atoms with Crippen molar-refractivity contribution in [2.45, 2.75) is 12.6 Å². The summed E-state index contributed by atoms with van der Waals surface area (Å²) in [6.07, 6.45) is 0. The van der Waals surface area contributed by atoms with Gasteiger partial charge in [-0.25, -0.2) is 8.78 Å². The minimum atomic E-state index is -1.78. The van der Waals surface area contributed by atoms with Crippen LogP contribution in [0.1, 0.15) is 16.7 Å². The van der Waals surface area contributed by atoms with Crippen molar-refractivity contribution in [3.05, 3.63) is 71.0 Å². The number of halogens is 2. The van der Waals surface area contributed by atoms with Crippen molar-refractivity contribution < 1.29 is 8.78 Å². The highest BCUT2D eigenvalue weighted by Gasteiger charge is 2.33. The maximum Gasteiger partial charge on any atom is 0.173 e. The van der Waals surface area contributed by atoms with Crippen LogP contribution in [0.25, 0.3) is 0 Å². The van der Waals surface area contributed by atoms with Crippen molar-refractivity contribution in [2.75, 3.05) is 6.54 Å². The van der Waals surface area contributed by atoms with E-state index in [1.165, 1.54) is 18.2 Å². The molecule has 0 saturated heterocycles. The van der Waals surface area contributed by atoms with Crippen molar-refractivity contribution in [2.24, 2.45) is 5.73 Å². The Morgan fingerprint density at radius 3 is 2.33 bits per heavy atom. The average Bonchev–Trinajstić information content (AvgIpc) is 2.39. The monoisotopic (exact) mass is 247 g/mol. The summed E-state index contributed by atoms with van der Waals surface area (Å²) in [6, 6.07) is 12.8. The molecule has 0 aliphatic rings. The summed E-state index contributed by atoms with van der Waals surface area (Å²) >= 11 is 0. The zero-order valence-corrected chi connectivity index (χ0v) is 10.2. The molecule has 0 saturated carbocycles. The molecular weight excluding hydrogens is 232 g/mol. The van der Waals surface area contributed by atoms with E-state index in [0.717, 1.165) is 0 Å². The molecule has 1 nitrogen and oxygen atoms in total. The fourth-order valence-electron chi connectivity index (χ4n) is 2.16. The lowest BCUT2D eigenvalue weighted by molar-refractivity contribution is 0.231. The van der Waals surface area contributed by atoms with Gasteiger partial charge in [-0.1, -0.05) is 36.4 Å². The van der Waals surface area contributed by atoms with Gasteiger partial charge in [-0.2, -0.15) is 0 Å². The van der Waals surface area contributed by atoms with Crippen LogP contribution in [0.3, 0.4) is 0 Å². The molecule has 0 radical (unpaired) electrons. The fraction of sp³-hybridized carbons (Fsp3) is 0.200. The summed E-state index contributed by atoms with van der Waals surface area (Å²) in [4.78, 5) is 0. The molecule has 0 aromatic heterocycles. The number of nitrogens with two attached hydrogens (primary N) is 1. The van der Waals surface area contributed by atoms with Crippen molar-refractivity contribution in [1.29, 1.82) is 0 Å². The van der Waals surface area contributed by atoms with E-state index >= 15 is 4.39 Å². The molecule has 3 heteroatoms. The highest BCUT2D eigenvalue weighted by atomic mass is 19.1. The highest BCUT2D eigenvalue weighted by molar-refractivity contribution is 5.41. The Labute approximate surface area is 105 Å². The van der Waals surface area contributed by atoms with Gasteiger partial charge in [-0.05, 0) is 35.7 Å². The van der Waals surface area contributed by atoms with Gasteiger partial charge in [0.05, 0.1) is 0 Å². The lowest BCUT2D eigenvalue weighted by atomic mass is 9.85. The van der Waals surface area contributed by atoms with E-state index in [-0.39, 0.29) is 12.4 Å². The summed E-state index contributed by atoms with van der Waals surface area (Å²) < 4.78 is 28.2. The predicted molar refractivity (Wildman–Crippen MR) is 68.5 cm³/mol. The number of hydrogen-bond acceptors (Lipinski definition) is 1. The van der Waals surface area contributed by atoms with Gasteiger partial charge in [-0.15, -0.1) is 0 Å². The summed E-state index contributed by atoms with van der Waals surface area (Å²) in [7, 11) is 0. The van der Waals surface area contributed by atoms with Crippen LogP contribution in [0.15, 0.2) is 48.5 Å². The lowest BCUT2D eigenvalue weighted by Crippen LogP contribution is -2.32. The number of aryl methyl sites for hydroxylation is 1. The second kappa shape index (κ2) is 4.86. The molecule has 2 rings (SSSR count). The van der Waals surface area contributed by atoms with Crippen LogP contribution in [0.4, 0.5) is 8.78 Å². The number of hydrogen-bond donors (Lipinski definition) is 1. The third-order valence-electron chi connectivity index (χ3n) is 3.13. The lowest BCUT2D eigenvalue weighted by Gasteiger charge is -2.26. The minimum absolute atomic E-state index is 0.177. The molecule has 2 N–H and O–H groups in total. The number of benzene rings is 2. The Bertz CT molecular complexity index is 539. The van der Waals surface area contributed by atoms with Gasteiger partial charge in [0.2, 0.25) is 0 Å². The zero-order chi connectivity index (χ0) is 13.2. The van der Waals surface area contributed by atoms with E-state index < -0.39 is 5.67 Å². The fourth-order valence-corrected chi connectivity index (χ4v) is 2.16. The van der Waals surface area contributed by atoms with E-state index in [2.05, 4.69) is 0 Å². The molecule has 1 atom stereocenters. The van der Waals surface area contributed by atoms with Crippen molar-refractivity contribution in [1.82, 2.24) is 0 Å². The molecule has 2 aromatic carbocycles. The van der Waals surface area contributed by atoms with E-state index in [0.29, 0.717) is 16.7 Å². The largest absolute Gasteiger partial charge is 0.327 e. The third kappa shape index (κ3) is 2.14. The molecule has 1 unspecified atom stereocenters. The van der Waals surface area contributed by atoms with E-state index in [1.54, 1.807) is 31.2 Å². The minimum Gasteiger partial charge on any atom is -0.327 e. The molecule has 2 aromatic rings. The first kappa shape index (κ1) is 12.7. The zero-order valence-electron chi connectivity index (χ0n) is 10.2. The van der Waals surface area contributed by atoms with Crippen LogP contribution >= 0.6 is 0 Å². The van der Waals surface area contributed by atoms with Crippen LogP contribution in [0, 0.1) is 12.7 Å². The Kier molecular flexibility index (Phi) is 3.43. The Morgan fingerprint density at radius 2 is 1.78 bits per heavy atom. The number of alkyl halides is 1. The summed E-state index contributed by atoms with van der Waals surface area (Å²) in [5, 5.41) is 0. The van der Waals surface area contributed by atoms with Gasteiger partial charge >= 0.3 is 0 Å². The van der Waals surface area contributed by atoms with Crippen molar-refractivity contribution in [3.63, 3.8) is 0 Å². The summed E-state index contributed by atoms with van der Waals surface area (Å²) in [5.74, 6) is -0.372. The maximum atomic E-state index is 15.1. The van der Waals surface area contributed by atoms with Crippen LogP contribution < -0.4 is 5.73 Å². The molecule has 0 aliphatic heterocycles. The molecule has 94 valence electrons. The first-order chi connectivity index (χ1) is 8.58. The Balaban J connectivity index is 2.57. The van der Waals surface area contributed by atoms with Crippen LogP contribution in [-0.2, 0) is 5.67 Å². The Hall–Kier alpha value is -1.74. The predicted octanol–water partition coefficient (Wildman–Crippen LogP) is 3.31. The SMILES string of the molecule is Cc1cc(F)ccc1C(F)(CN)c1ccccc1. The second-order valence-corrected chi connectivity index (χ2v) is 4.33. The first-order valence-electron chi connectivity index (χ1n) is 5.79. The standard InChI is InChI=1S/C15H15F2N/c1-11-9-13(16)7-8-14(11)15(17,10-18)12-5-3-2-4-6-12/h2-9H,10,18H2,1H3. The second-order valence-electron chi connectivity index (χ2n) is 4.33. The molecule has 0 heterocycles. The van der Waals surface area contributed by atoms with Crippen LogP contribution in [-0.4, -0.2) is 6.54 Å². The van der Waals surface area contributed by atoms with Crippen molar-refractivity contribution >= 4 is 0 Å². The van der Waals surface area contributed by atoms with Gasteiger partial charge in [0.15, 0.2) is 5.67 Å². The molecule has 18 heavy (non-hydrogen) atoms. The molecule has 0 spiro atoms. The molecule has 0 amide bonds. The maximum absolute atomic E-state index is 15.1. The van der Waals surface area contributed by atoms with Gasteiger partial charge in [0.1, 0.15) is 5.82 Å². The van der Waals surface area contributed by atoms with Gasteiger partial charge in [-0.3, -0.25) is 0 Å². The highest BCUT2D eigenvalue weighted by Crippen LogP contribution is 2.35. The summed E-state index contributed by atoms with van der Waals surface area (Å²) in [5.41, 5.74) is 5.29. The normalized spacial score (nSPS) is 14.2.